The predicted molar refractivity (Wildman–Crippen MR) is 135 cm³/mol. The van der Waals surface area contributed by atoms with Crippen molar-refractivity contribution in [3.05, 3.63) is 65.5 Å². The van der Waals surface area contributed by atoms with Crippen LogP contribution in [-0.4, -0.2) is 54.5 Å². The fraction of sp³-hybridized carbons (Fsp3) is 0.552. The molecule has 0 radical (unpaired) electrons. The van der Waals surface area contributed by atoms with Crippen LogP contribution in [0.4, 0.5) is 0 Å². The number of nitrogens with zero attached hydrogens (tertiary/aromatic N) is 2. The van der Waals surface area contributed by atoms with Crippen LogP contribution in [0.2, 0.25) is 0 Å². The number of carbonyl (C=O) groups is 2. The maximum Gasteiger partial charge on any atom is 0.339 e. The highest BCUT2D eigenvalue weighted by atomic mass is 16.5. The molecule has 2 unspecified atom stereocenters. The van der Waals surface area contributed by atoms with Crippen molar-refractivity contribution < 1.29 is 14.3 Å². The van der Waals surface area contributed by atoms with Crippen LogP contribution in [0.3, 0.4) is 0 Å². The van der Waals surface area contributed by atoms with E-state index in [9.17, 15) is 9.59 Å². The monoisotopic (exact) mass is 475 g/mol. The third kappa shape index (κ3) is 4.99. The van der Waals surface area contributed by atoms with Gasteiger partial charge in [-0.15, -0.1) is 0 Å². The number of carbonyl (C=O) groups excluding carboxylic acids is 2. The van der Waals surface area contributed by atoms with Crippen molar-refractivity contribution in [1.29, 1.82) is 0 Å². The minimum atomic E-state index is -0.447. The van der Waals surface area contributed by atoms with Crippen LogP contribution in [0, 0.1) is 11.8 Å². The Labute approximate surface area is 208 Å². The first kappa shape index (κ1) is 24.0. The summed E-state index contributed by atoms with van der Waals surface area (Å²) in [6.45, 7) is 2.46. The van der Waals surface area contributed by atoms with Crippen LogP contribution in [-0.2, 0) is 10.2 Å². The smallest absolute Gasteiger partial charge is 0.339 e. The molecule has 3 aliphatic rings. The topological polar surface area (TPSA) is 71.5 Å². The molecule has 2 bridgehead atoms. The Morgan fingerprint density at radius 1 is 1.03 bits per heavy atom. The van der Waals surface area contributed by atoms with E-state index in [4.69, 9.17) is 4.74 Å². The van der Waals surface area contributed by atoms with Crippen molar-refractivity contribution in [3.8, 4) is 0 Å². The summed E-state index contributed by atoms with van der Waals surface area (Å²) in [5, 5.41) is 3.98. The van der Waals surface area contributed by atoms with Gasteiger partial charge in [0.1, 0.15) is 5.69 Å². The van der Waals surface area contributed by atoms with Crippen LogP contribution >= 0.6 is 0 Å². The number of pyridine rings is 1. The van der Waals surface area contributed by atoms with E-state index >= 15 is 0 Å². The van der Waals surface area contributed by atoms with E-state index in [1.54, 1.807) is 12.1 Å². The number of ether oxygens (including phenoxy) is 1. The minimum Gasteiger partial charge on any atom is -0.465 e. The van der Waals surface area contributed by atoms with Gasteiger partial charge in [0, 0.05) is 25.3 Å². The fourth-order valence-electron chi connectivity index (χ4n) is 6.81. The molecule has 3 atom stereocenters. The molecule has 3 fully saturated rings. The molecule has 5 rings (SSSR count). The lowest BCUT2D eigenvalue weighted by molar-refractivity contribution is 0.0596. The molecule has 6 heteroatoms. The van der Waals surface area contributed by atoms with E-state index in [1.165, 1.54) is 51.0 Å². The zero-order valence-electron chi connectivity index (χ0n) is 20.7. The van der Waals surface area contributed by atoms with Crippen molar-refractivity contribution in [2.75, 3.05) is 26.7 Å². The van der Waals surface area contributed by atoms with Crippen LogP contribution in [0.15, 0.2) is 48.7 Å². The Balaban J connectivity index is 1.24. The largest absolute Gasteiger partial charge is 0.465 e. The number of benzene rings is 1. The van der Waals surface area contributed by atoms with Gasteiger partial charge >= 0.3 is 5.97 Å². The minimum absolute atomic E-state index is 0.0695. The number of esters is 1. The van der Waals surface area contributed by atoms with Gasteiger partial charge in [0.2, 0.25) is 0 Å². The maximum absolute atomic E-state index is 13.1. The molecule has 2 aliphatic carbocycles. The van der Waals surface area contributed by atoms with E-state index in [1.807, 2.05) is 4.90 Å². The Morgan fingerprint density at radius 2 is 1.74 bits per heavy atom. The van der Waals surface area contributed by atoms with Gasteiger partial charge in [-0.1, -0.05) is 36.8 Å². The summed E-state index contributed by atoms with van der Waals surface area (Å²) in [6, 6.07) is 14.8. The third-order valence-electron chi connectivity index (χ3n) is 8.86. The lowest BCUT2D eigenvalue weighted by atomic mass is 9.70. The van der Waals surface area contributed by atoms with Crippen molar-refractivity contribution in [2.45, 2.75) is 62.8 Å². The first-order valence-corrected chi connectivity index (χ1v) is 13.2. The average molecular weight is 476 g/mol. The Morgan fingerprint density at radius 3 is 2.37 bits per heavy atom. The lowest BCUT2D eigenvalue weighted by Gasteiger charge is -2.43. The summed E-state index contributed by atoms with van der Waals surface area (Å²) in [4.78, 5) is 30.9. The summed E-state index contributed by atoms with van der Waals surface area (Å²) in [7, 11) is 1.34. The Hall–Kier alpha value is -2.73. The van der Waals surface area contributed by atoms with E-state index in [0.29, 0.717) is 30.4 Å². The number of amides is 1. The number of nitrogens with one attached hydrogen (secondary N) is 1. The van der Waals surface area contributed by atoms with Gasteiger partial charge in [-0.2, -0.15) is 0 Å². The Bertz CT molecular complexity index is 999. The number of hydrogen-bond acceptors (Lipinski definition) is 5. The van der Waals surface area contributed by atoms with Gasteiger partial charge in [-0.25, -0.2) is 4.79 Å². The molecule has 2 saturated carbocycles. The van der Waals surface area contributed by atoms with Crippen LogP contribution < -0.4 is 5.32 Å². The SMILES string of the molecule is COC(=O)c1ccc(C(=O)N2CCC(CCNC3C4CCC[C@@H]3CC4)(c3ccccc3)CC2)nc1. The first-order valence-electron chi connectivity index (χ1n) is 13.2. The van der Waals surface area contributed by atoms with E-state index in [0.717, 1.165) is 37.6 Å². The summed E-state index contributed by atoms with van der Waals surface area (Å²) in [6.07, 6.45) is 11.4. The van der Waals surface area contributed by atoms with Gasteiger partial charge in [-0.3, -0.25) is 9.78 Å². The first-order chi connectivity index (χ1) is 17.1. The number of aromatic nitrogens is 1. The summed E-state index contributed by atoms with van der Waals surface area (Å²) in [5.41, 5.74) is 2.20. The van der Waals surface area contributed by atoms with Crippen molar-refractivity contribution in [2.24, 2.45) is 11.8 Å². The molecule has 186 valence electrons. The number of likely N-dealkylation sites (tertiary alicyclic amines) is 1. The van der Waals surface area contributed by atoms with Gasteiger partial charge < -0.3 is 15.0 Å². The quantitative estimate of drug-likeness (QED) is 0.593. The molecule has 6 nitrogen and oxygen atoms in total. The van der Waals surface area contributed by atoms with Gasteiger partial charge in [-0.05, 0) is 86.4 Å². The molecule has 2 heterocycles. The van der Waals surface area contributed by atoms with Crippen LogP contribution in [0.25, 0.3) is 0 Å². The maximum atomic E-state index is 13.1. The molecule has 1 aliphatic heterocycles. The zero-order valence-corrected chi connectivity index (χ0v) is 20.7. The lowest BCUT2D eigenvalue weighted by Crippen LogP contribution is -2.48. The number of hydrogen-bond donors (Lipinski definition) is 1. The average Bonchev–Trinajstić information content (AvgIpc) is 3.13. The predicted octanol–water partition coefficient (Wildman–Crippen LogP) is 4.60. The molecular weight excluding hydrogens is 438 g/mol. The molecular formula is C29H37N3O3. The standard InChI is InChI=1S/C29H37N3O3/c1-35-28(34)23-12-13-25(31-20-23)27(33)32-18-15-29(16-19-32,24-8-3-2-4-9-24)14-17-30-26-21-6-5-7-22(26)11-10-21/h2-4,8-9,12-13,20-22,26,30H,5-7,10-11,14-19H2,1H3/t21-,22?,26?/m1/s1. The van der Waals surface area contributed by atoms with Crippen LogP contribution in [0.1, 0.15) is 77.8 Å². The number of fused-ring (bicyclic) bond motifs is 2. The summed E-state index contributed by atoms with van der Waals surface area (Å²) >= 11 is 0. The van der Waals surface area contributed by atoms with Gasteiger partial charge in [0.15, 0.2) is 0 Å². The molecule has 2 aromatic rings. The number of rotatable bonds is 7. The van der Waals surface area contributed by atoms with E-state index in [-0.39, 0.29) is 11.3 Å². The van der Waals surface area contributed by atoms with Crippen molar-refractivity contribution in [1.82, 2.24) is 15.2 Å². The number of piperidine rings is 1. The molecule has 1 N–H and O–H groups in total. The molecule has 1 aromatic heterocycles. The number of methoxy groups -OCH3 is 1. The highest BCUT2D eigenvalue weighted by Gasteiger charge is 2.40. The second-order valence-electron chi connectivity index (χ2n) is 10.6. The summed E-state index contributed by atoms with van der Waals surface area (Å²) < 4.78 is 4.72. The normalized spacial score (nSPS) is 25.3. The van der Waals surface area contributed by atoms with Crippen molar-refractivity contribution >= 4 is 11.9 Å². The molecule has 1 aromatic carbocycles. The highest BCUT2D eigenvalue weighted by molar-refractivity contribution is 5.94. The van der Waals surface area contributed by atoms with E-state index in [2.05, 4.69) is 40.6 Å². The van der Waals surface area contributed by atoms with Gasteiger partial charge in [0.25, 0.3) is 5.91 Å². The van der Waals surface area contributed by atoms with Gasteiger partial charge in [0.05, 0.1) is 12.7 Å². The molecule has 1 saturated heterocycles. The van der Waals surface area contributed by atoms with Crippen LogP contribution in [0.5, 0.6) is 0 Å². The Kier molecular flexibility index (Phi) is 7.19. The molecule has 0 spiro atoms. The summed E-state index contributed by atoms with van der Waals surface area (Å²) in [5.74, 6) is 1.23. The van der Waals surface area contributed by atoms with E-state index < -0.39 is 5.97 Å². The third-order valence-corrected chi connectivity index (χ3v) is 8.86. The second-order valence-corrected chi connectivity index (χ2v) is 10.6. The fourth-order valence-corrected chi connectivity index (χ4v) is 6.81. The van der Waals surface area contributed by atoms with Crippen molar-refractivity contribution in [3.63, 3.8) is 0 Å². The molecule has 35 heavy (non-hydrogen) atoms. The second kappa shape index (κ2) is 10.5. The highest BCUT2D eigenvalue weighted by Crippen LogP contribution is 2.43. The molecule has 1 amide bonds. The zero-order chi connectivity index (χ0) is 24.3.